The number of hydrogen-bond donors (Lipinski definition) is 0. The summed E-state index contributed by atoms with van der Waals surface area (Å²) in [6.45, 7) is 1.43. The highest BCUT2D eigenvalue weighted by atomic mass is 15.7. The number of rotatable bonds is 6. The van der Waals surface area contributed by atoms with Crippen LogP contribution < -0.4 is 10.0 Å². The molecule has 0 radical (unpaired) electrons. The zero-order chi connectivity index (χ0) is 32.7. The molecule has 0 spiro atoms. The van der Waals surface area contributed by atoms with Crippen molar-refractivity contribution in [3.05, 3.63) is 204 Å². The lowest BCUT2D eigenvalue weighted by molar-refractivity contribution is 0.121. The van der Waals surface area contributed by atoms with E-state index in [1.807, 2.05) is 0 Å². The SMILES string of the molecule is c1ccc(C2=NN(c3ccccc3)[C@@]3(c4ccccc4)C[C@@]4(c5ccccc5)N(CCN23)C(c2ccccc2)=NN4c2ccccc2)cc1. The van der Waals surface area contributed by atoms with Crippen molar-refractivity contribution in [3.8, 4) is 0 Å². The molecule has 1 saturated heterocycles. The molecule has 0 aromatic heterocycles. The molecule has 6 nitrogen and oxygen atoms in total. The van der Waals surface area contributed by atoms with E-state index in [1.54, 1.807) is 0 Å². The Morgan fingerprint density at radius 3 is 1.02 bits per heavy atom. The zero-order valence-electron chi connectivity index (χ0n) is 27.1. The van der Waals surface area contributed by atoms with E-state index >= 15 is 0 Å². The van der Waals surface area contributed by atoms with E-state index in [9.17, 15) is 0 Å². The predicted octanol–water partition coefficient (Wildman–Crippen LogP) is 8.46. The third kappa shape index (κ3) is 4.55. The van der Waals surface area contributed by atoms with Crippen LogP contribution >= 0.6 is 0 Å². The molecule has 9 rings (SSSR count). The Morgan fingerprint density at radius 1 is 0.367 bits per heavy atom. The molecule has 3 aliphatic heterocycles. The molecule has 6 heteroatoms. The molecule has 0 bridgehead atoms. The highest BCUT2D eigenvalue weighted by molar-refractivity contribution is 6.04. The minimum Gasteiger partial charge on any atom is -0.324 e. The van der Waals surface area contributed by atoms with E-state index in [0.717, 1.165) is 47.3 Å². The Labute approximate surface area is 287 Å². The number of benzene rings is 6. The van der Waals surface area contributed by atoms with Crippen molar-refractivity contribution < 1.29 is 0 Å². The molecule has 2 atom stereocenters. The topological polar surface area (TPSA) is 37.7 Å². The molecule has 1 fully saturated rings. The second-order valence-corrected chi connectivity index (χ2v) is 12.7. The van der Waals surface area contributed by atoms with Crippen molar-refractivity contribution in [2.24, 2.45) is 10.2 Å². The predicted molar refractivity (Wildman–Crippen MR) is 198 cm³/mol. The van der Waals surface area contributed by atoms with Gasteiger partial charge in [-0.2, -0.15) is 10.2 Å². The van der Waals surface area contributed by atoms with Gasteiger partial charge in [-0.3, -0.25) is 0 Å². The summed E-state index contributed by atoms with van der Waals surface area (Å²) in [6.07, 6.45) is 0.623. The molecule has 238 valence electrons. The number of nitrogens with zero attached hydrogens (tertiary/aromatic N) is 6. The normalized spacial score (nSPS) is 21.5. The second-order valence-electron chi connectivity index (χ2n) is 12.7. The maximum Gasteiger partial charge on any atom is 0.166 e. The summed E-state index contributed by atoms with van der Waals surface area (Å²) < 4.78 is 0. The van der Waals surface area contributed by atoms with Crippen LogP contribution in [-0.2, 0) is 11.3 Å². The Kier molecular flexibility index (Phi) is 7.01. The van der Waals surface area contributed by atoms with Crippen LogP contribution in [0.2, 0.25) is 0 Å². The number of hydrazone groups is 2. The summed E-state index contributed by atoms with van der Waals surface area (Å²) >= 11 is 0. The molecular formula is C43H36N6. The van der Waals surface area contributed by atoms with Gasteiger partial charge in [-0.25, -0.2) is 10.0 Å². The second kappa shape index (κ2) is 11.8. The van der Waals surface area contributed by atoms with Crippen LogP contribution in [0, 0.1) is 0 Å². The number of hydrogen-bond acceptors (Lipinski definition) is 6. The van der Waals surface area contributed by atoms with Gasteiger partial charge >= 0.3 is 0 Å². The van der Waals surface area contributed by atoms with Crippen molar-refractivity contribution in [2.75, 3.05) is 23.1 Å². The number of amidine groups is 2. The Balaban J connectivity index is 1.37. The van der Waals surface area contributed by atoms with Gasteiger partial charge in [0.05, 0.1) is 11.4 Å². The number of para-hydroxylation sites is 2. The van der Waals surface area contributed by atoms with E-state index in [0.29, 0.717) is 6.42 Å². The molecule has 49 heavy (non-hydrogen) atoms. The maximum atomic E-state index is 5.58. The van der Waals surface area contributed by atoms with Crippen molar-refractivity contribution in [3.63, 3.8) is 0 Å². The number of anilines is 2. The molecule has 3 heterocycles. The van der Waals surface area contributed by atoms with E-state index < -0.39 is 11.3 Å². The first-order chi connectivity index (χ1) is 24.3. The fraction of sp³-hybridized carbons (Fsp3) is 0.116. The van der Waals surface area contributed by atoms with Gasteiger partial charge in [0.25, 0.3) is 0 Å². The van der Waals surface area contributed by atoms with Gasteiger partial charge in [0.15, 0.2) is 23.0 Å². The molecule has 0 aliphatic carbocycles. The van der Waals surface area contributed by atoms with Crippen LogP contribution in [0.5, 0.6) is 0 Å². The lowest BCUT2D eigenvalue weighted by Crippen LogP contribution is -2.59. The summed E-state index contributed by atoms with van der Waals surface area (Å²) in [5.41, 5.74) is 5.14. The van der Waals surface area contributed by atoms with Crippen LogP contribution in [-0.4, -0.2) is 34.6 Å². The third-order valence-corrected chi connectivity index (χ3v) is 10.1. The fourth-order valence-corrected chi connectivity index (χ4v) is 7.96. The minimum absolute atomic E-state index is 0.623. The van der Waals surface area contributed by atoms with Gasteiger partial charge in [-0.1, -0.05) is 158 Å². The van der Waals surface area contributed by atoms with Gasteiger partial charge in [0, 0.05) is 30.6 Å². The van der Waals surface area contributed by atoms with Crippen LogP contribution in [0.4, 0.5) is 11.4 Å². The van der Waals surface area contributed by atoms with Crippen LogP contribution in [0.25, 0.3) is 0 Å². The smallest absolute Gasteiger partial charge is 0.166 e. The van der Waals surface area contributed by atoms with Gasteiger partial charge < -0.3 is 9.80 Å². The molecule has 0 saturated carbocycles. The van der Waals surface area contributed by atoms with E-state index in [2.05, 4.69) is 202 Å². The van der Waals surface area contributed by atoms with Crippen molar-refractivity contribution >= 4 is 23.0 Å². The monoisotopic (exact) mass is 636 g/mol. The van der Waals surface area contributed by atoms with Crippen molar-refractivity contribution in [1.29, 1.82) is 0 Å². The minimum atomic E-state index is -0.729. The summed E-state index contributed by atoms with van der Waals surface area (Å²) in [4.78, 5) is 5.11. The fourth-order valence-electron chi connectivity index (χ4n) is 7.96. The van der Waals surface area contributed by atoms with Crippen LogP contribution in [0.1, 0.15) is 28.7 Å². The largest absolute Gasteiger partial charge is 0.324 e. The average molecular weight is 637 g/mol. The standard InChI is InChI=1S/C43H36N6/c1-7-19-34(20-8-1)40-44-48(38-27-15-5-16-28-38)42(36-23-11-3-12-24-36)33-43(37-25-13-4-14-26-37)47(32-31-46(40)42)41(35-21-9-2-10-22-35)45-49(43)39-29-17-6-18-30-39/h1-30H,31-33H2/t42-,43-/m1/s1. The first-order valence-electron chi connectivity index (χ1n) is 16.9. The maximum absolute atomic E-state index is 5.58. The number of fused-ring (bicyclic) bond motifs is 2. The highest BCUT2D eigenvalue weighted by Crippen LogP contribution is 2.56. The van der Waals surface area contributed by atoms with Crippen molar-refractivity contribution in [2.45, 2.75) is 17.7 Å². The molecular weight excluding hydrogens is 601 g/mol. The molecule has 6 aromatic carbocycles. The summed E-state index contributed by atoms with van der Waals surface area (Å²) in [5, 5.41) is 15.7. The molecule has 0 N–H and O–H groups in total. The summed E-state index contributed by atoms with van der Waals surface area (Å²) in [5.74, 6) is 1.92. The van der Waals surface area contributed by atoms with Gasteiger partial charge in [0.2, 0.25) is 0 Å². The quantitative estimate of drug-likeness (QED) is 0.184. The molecule has 0 unspecified atom stereocenters. The van der Waals surface area contributed by atoms with Crippen LogP contribution in [0.15, 0.2) is 192 Å². The summed E-state index contributed by atoms with van der Waals surface area (Å²) in [6, 6.07) is 64.4. The Bertz CT molecular complexity index is 1950. The Hall–Kier alpha value is -6.14. The van der Waals surface area contributed by atoms with Gasteiger partial charge in [-0.15, -0.1) is 0 Å². The first kappa shape index (κ1) is 29.0. The lowest BCUT2D eigenvalue weighted by atomic mass is 9.81. The molecule has 0 amide bonds. The third-order valence-electron chi connectivity index (χ3n) is 10.1. The first-order valence-corrected chi connectivity index (χ1v) is 16.9. The van der Waals surface area contributed by atoms with Crippen LogP contribution in [0.3, 0.4) is 0 Å². The summed E-state index contributed by atoms with van der Waals surface area (Å²) in [7, 11) is 0. The Morgan fingerprint density at radius 2 is 0.673 bits per heavy atom. The van der Waals surface area contributed by atoms with E-state index in [1.165, 1.54) is 11.1 Å². The molecule has 6 aromatic rings. The lowest BCUT2D eigenvalue weighted by Gasteiger charge is -2.50. The van der Waals surface area contributed by atoms with E-state index in [4.69, 9.17) is 10.2 Å². The van der Waals surface area contributed by atoms with Gasteiger partial charge in [-0.05, 0) is 35.4 Å². The van der Waals surface area contributed by atoms with Gasteiger partial charge in [0.1, 0.15) is 0 Å². The van der Waals surface area contributed by atoms with Crippen molar-refractivity contribution in [1.82, 2.24) is 9.80 Å². The van der Waals surface area contributed by atoms with E-state index in [-0.39, 0.29) is 0 Å². The molecule has 3 aliphatic rings. The highest BCUT2D eigenvalue weighted by Gasteiger charge is 2.63. The average Bonchev–Trinajstić information content (AvgIpc) is 3.64. The zero-order valence-corrected chi connectivity index (χ0v) is 27.1.